The van der Waals surface area contributed by atoms with E-state index in [0.717, 1.165) is 0 Å². The molecule has 1 aliphatic rings. The number of sulfonamides is 1. The van der Waals surface area contributed by atoms with Crippen molar-refractivity contribution < 1.29 is 22.7 Å². The van der Waals surface area contributed by atoms with Crippen molar-refractivity contribution in [1.29, 1.82) is 0 Å². The lowest BCUT2D eigenvalue weighted by molar-refractivity contribution is 0.0620. The fourth-order valence-corrected chi connectivity index (χ4v) is 4.34. The van der Waals surface area contributed by atoms with E-state index >= 15 is 0 Å². The first-order valence-electron chi connectivity index (χ1n) is 10.1. The van der Waals surface area contributed by atoms with Crippen LogP contribution in [-0.4, -0.2) is 35.7 Å². The number of rotatable bonds is 5. The molecule has 1 amide bonds. The van der Waals surface area contributed by atoms with E-state index in [4.69, 9.17) is 4.74 Å². The Labute approximate surface area is 191 Å². The highest BCUT2D eigenvalue weighted by Gasteiger charge is 2.32. The van der Waals surface area contributed by atoms with Crippen LogP contribution in [0.3, 0.4) is 0 Å². The van der Waals surface area contributed by atoms with Crippen LogP contribution in [0.1, 0.15) is 46.7 Å². The zero-order valence-corrected chi connectivity index (χ0v) is 19.1. The van der Waals surface area contributed by atoms with Gasteiger partial charge in [0.15, 0.2) is 5.78 Å². The zero-order chi connectivity index (χ0) is 23.8. The topological polar surface area (TPSA) is 127 Å². The van der Waals surface area contributed by atoms with Gasteiger partial charge in [-0.25, -0.2) is 23.1 Å². The summed E-state index contributed by atoms with van der Waals surface area (Å²) in [5.74, 6) is -0.0953. The van der Waals surface area contributed by atoms with Crippen LogP contribution < -0.4 is 14.8 Å². The van der Waals surface area contributed by atoms with Crippen molar-refractivity contribution in [2.75, 3.05) is 10.0 Å². The van der Waals surface area contributed by atoms with E-state index in [1.165, 1.54) is 36.5 Å². The molecule has 0 saturated heterocycles. The van der Waals surface area contributed by atoms with Crippen molar-refractivity contribution in [2.45, 2.75) is 37.7 Å². The van der Waals surface area contributed by atoms with E-state index in [9.17, 15) is 18.0 Å². The Bertz CT molecular complexity index is 1350. The molecule has 0 atom stereocenters. The number of nitrogens with zero attached hydrogens (tertiary/aromatic N) is 2. The first-order valence-corrected chi connectivity index (χ1v) is 11.6. The van der Waals surface area contributed by atoms with E-state index in [0.29, 0.717) is 28.3 Å². The molecule has 0 aliphatic carbocycles. The summed E-state index contributed by atoms with van der Waals surface area (Å²) in [5.41, 5.74) is 1.09. The number of amides is 1. The Morgan fingerprint density at radius 2 is 1.82 bits per heavy atom. The number of Topliss-reactive ketones (excluding diaryl/α,β-unsaturated/α-hetero) is 1. The number of fused-ring (bicyclic) bond motifs is 1. The second kappa shape index (κ2) is 8.28. The molecule has 1 aromatic heterocycles. The highest BCUT2D eigenvalue weighted by molar-refractivity contribution is 7.92. The van der Waals surface area contributed by atoms with Gasteiger partial charge in [-0.3, -0.25) is 9.59 Å². The van der Waals surface area contributed by atoms with Crippen LogP contribution in [-0.2, 0) is 10.0 Å². The third kappa shape index (κ3) is 5.01. The number of hydrogen-bond donors (Lipinski definition) is 2. The van der Waals surface area contributed by atoms with E-state index in [1.807, 2.05) is 13.8 Å². The average Bonchev–Trinajstić information content (AvgIpc) is 2.73. The van der Waals surface area contributed by atoms with E-state index < -0.39 is 21.5 Å². The summed E-state index contributed by atoms with van der Waals surface area (Å²) in [7, 11) is -3.89. The lowest BCUT2D eigenvalue weighted by atomic mass is 9.92. The van der Waals surface area contributed by atoms with Crippen molar-refractivity contribution in [3.05, 3.63) is 71.5 Å². The fraction of sp³-hybridized carbons (Fsp3) is 0.217. The minimum Gasteiger partial charge on any atom is -0.487 e. The van der Waals surface area contributed by atoms with Crippen molar-refractivity contribution >= 4 is 33.3 Å². The molecule has 2 heterocycles. The third-order valence-electron chi connectivity index (χ3n) is 4.96. The van der Waals surface area contributed by atoms with Gasteiger partial charge in [-0.1, -0.05) is 0 Å². The van der Waals surface area contributed by atoms with Crippen LogP contribution in [0.4, 0.5) is 11.6 Å². The Morgan fingerprint density at radius 1 is 1.09 bits per heavy atom. The quantitative estimate of drug-likeness (QED) is 0.588. The van der Waals surface area contributed by atoms with Crippen LogP contribution >= 0.6 is 0 Å². The summed E-state index contributed by atoms with van der Waals surface area (Å²) in [6.45, 7) is 5.40. The summed E-state index contributed by atoms with van der Waals surface area (Å²) in [5, 5.41) is 2.70. The van der Waals surface area contributed by atoms with E-state index in [1.54, 1.807) is 25.1 Å². The molecule has 1 aliphatic heterocycles. The minimum atomic E-state index is -3.89. The van der Waals surface area contributed by atoms with Crippen LogP contribution in [0.15, 0.2) is 59.6 Å². The van der Waals surface area contributed by atoms with Gasteiger partial charge in [0.05, 0.1) is 16.9 Å². The van der Waals surface area contributed by atoms with Gasteiger partial charge in [-0.15, -0.1) is 0 Å². The normalized spacial score (nSPS) is 14.7. The van der Waals surface area contributed by atoms with E-state index in [-0.39, 0.29) is 23.0 Å². The first-order chi connectivity index (χ1) is 15.5. The molecule has 170 valence electrons. The number of carbonyl (C=O) groups excluding carboxylic acids is 2. The number of ketones is 1. The Balaban J connectivity index is 1.48. The monoisotopic (exact) mass is 466 g/mol. The van der Waals surface area contributed by atoms with Crippen LogP contribution in [0, 0.1) is 6.92 Å². The molecule has 0 saturated carbocycles. The zero-order valence-electron chi connectivity index (χ0n) is 18.2. The maximum absolute atomic E-state index is 12.7. The number of aromatic nitrogens is 2. The van der Waals surface area contributed by atoms with Crippen LogP contribution in [0.2, 0.25) is 0 Å². The minimum absolute atomic E-state index is 0.00949. The lowest BCUT2D eigenvalue weighted by Crippen LogP contribution is -2.36. The Hall–Kier alpha value is -3.79. The molecule has 9 nitrogen and oxygen atoms in total. The molecule has 0 unspecified atom stereocenters. The highest BCUT2D eigenvalue weighted by Crippen LogP contribution is 2.33. The summed E-state index contributed by atoms with van der Waals surface area (Å²) in [4.78, 5) is 33.0. The smallest absolute Gasteiger partial charge is 0.264 e. The molecule has 0 radical (unpaired) electrons. The standard InChI is InChI=1S/C23H22N4O5S/c1-14-10-11-24-22(25-14)27-33(30,31)17-7-5-16(6-8-17)26-21(29)15-4-9-20-18(12-15)19(28)13-23(2,3)32-20/h4-12H,13H2,1-3H3,(H,26,29)(H,24,25,27). The molecule has 33 heavy (non-hydrogen) atoms. The van der Waals surface area contributed by atoms with Gasteiger partial charge in [0.25, 0.3) is 15.9 Å². The number of ether oxygens (including phenoxy) is 1. The number of anilines is 2. The average molecular weight is 467 g/mol. The largest absolute Gasteiger partial charge is 0.487 e. The fourth-order valence-electron chi connectivity index (χ4n) is 3.39. The van der Waals surface area contributed by atoms with Crippen molar-refractivity contribution in [2.24, 2.45) is 0 Å². The van der Waals surface area contributed by atoms with Crippen LogP contribution in [0.5, 0.6) is 5.75 Å². The molecular weight excluding hydrogens is 444 g/mol. The van der Waals surface area contributed by atoms with Gasteiger partial charge in [0.2, 0.25) is 5.95 Å². The van der Waals surface area contributed by atoms with Crippen molar-refractivity contribution in [1.82, 2.24) is 9.97 Å². The Morgan fingerprint density at radius 3 is 2.52 bits per heavy atom. The molecule has 0 fully saturated rings. The number of benzene rings is 2. The van der Waals surface area contributed by atoms with Crippen molar-refractivity contribution in [3.63, 3.8) is 0 Å². The van der Waals surface area contributed by atoms with Gasteiger partial charge in [0, 0.05) is 23.1 Å². The van der Waals surface area contributed by atoms with Gasteiger partial charge in [-0.2, -0.15) is 0 Å². The number of hydrogen-bond acceptors (Lipinski definition) is 7. The van der Waals surface area contributed by atoms with Gasteiger partial charge >= 0.3 is 0 Å². The summed E-state index contributed by atoms with van der Waals surface area (Å²) < 4.78 is 33.2. The lowest BCUT2D eigenvalue weighted by Gasteiger charge is -2.31. The first kappa shape index (κ1) is 22.4. The van der Waals surface area contributed by atoms with E-state index in [2.05, 4.69) is 20.0 Å². The molecule has 10 heteroatoms. The molecule has 2 N–H and O–H groups in total. The molecule has 0 bridgehead atoms. The summed E-state index contributed by atoms with van der Waals surface area (Å²) >= 11 is 0. The predicted molar refractivity (Wildman–Crippen MR) is 122 cm³/mol. The Kier molecular flexibility index (Phi) is 5.62. The highest BCUT2D eigenvalue weighted by atomic mass is 32.2. The van der Waals surface area contributed by atoms with Crippen molar-refractivity contribution in [3.8, 4) is 5.75 Å². The summed E-state index contributed by atoms with van der Waals surface area (Å²) in [6.07, 6.45) is 1.68. The van der Waals surface area contributed by atoms with Gasteiger partial charge < -0.3 is 10.1 Å². The summed E-state index contributed by atoms with van der Waals surface area (Å²) in [6, 6.07) is 12.0. The molecular formula is C23H22N4O5S. The maximum Gasteiger partial charge on any atom is 0.264 e. The predicted octanol–water partition coefficient (Wildman–Crippen LogP) is 3.58. The molecule has 2 aromatic carbocycles. The van der Waals surface area contributed by atoms with Gasteiger partial charge in [0.1, 0.15) is 11.4 Å². The third-order valence-corrected chi connectivity index (χ3v) is 6.30. The second-order valence-electron chi connectivity index (χ2n) is 8.28. The maximum atomic E-state index is 12.7. The molecule has 4 rings (SSSR count). The molecule has 0 spiro atoms. The van der Waals surface area contributed by atoms with Crippen LogP contribution in [0.25, 0.3) is 0 Å². The molecule has 3 aromatic rings. The van der Waals surface area contributed by atoms with Gasteiger partial charge in [-0.05, 0) is 69.3 Å². The number of carbonyl (C=O) groups is 2. The number of aryl methyl sites for hydroxylation is 1. The number of nitrogens with one attached hydrogen (secondary N) is 2. The SMILES string of the molecule is Cc1ccnc(NS(=O)(=O)c2ccc(NC(=O)c3ccc4c(c3)C(=O)CC(C)(C)O4)cc2)n1. The second-order valence-corrected chi connectivity index (χ2v) is 9.96.